The summed E-state index contributed by atoms with van der Waals surface area (Å²) in [5.74, 6) is 0. The first-order valence-corrected chi connectivity index (χ1v) is 5.31. The third-order valence-electron chi connectivity index (χ3n) is 2.40. The van der Waals surface area contributed by atoms with Crippen LogP contribution < -0.4 is 0 Å². The average Bonchev–Trinajstić information content (AvgIpc) is 2.66. The lowest BCUT2D eigenvalue weighted by Gasteiger charge is -2.07. The molecule has 1 aromatic carbocycles. The number of aryl methyl sites for hydroxylation is 1. The fraction of sp³-hybridized carbons (Fsp3) is 0.333. The van der Waals surface area contributed by atoms with Gasteiger partial charge in [-0.2, -0.15) is 0 Å². The van der Waals surface area contributed by atoms with Crippen molar-refractivity contribution in [1.82, 2.24) is 15.0 Å². The monoisotopic (exact) mass is 217 g/mol. The zero-order valence-electron chi connectivity index (χ0n) is 9.46. The number of aliphatic hydroxyl groups is 1. The van der Waals surface area contributed by atoms with E-state index in [1.54, 1.807) is 17.8 Å². The SMILES string of the molecule is Cc1ccc(-n2nncc2CC(C)O)cc1. The normalized spacial score (nSPS) is 12.7. The highest BCUT2D eigenvalue weighted by Gasteiger charge is 2.08. The van der Waals surface area contributed by atoms with Crippen molar-refractivity contribution in [2.45, 2.75) is 26.4 Å². The molecule has 0 saturated carbocycles. The van der Waals surface area contributed by atoms with Crippen molar-refractivity contribution >= 4 is 0 Å². The minimum absolute atomic E-state index is 0.386. The molecule has 1 N–H and O–H groups in total. The van der Waals surface area contributed by atoms with Crippen molar-refractivity contribution in [3.8, 4) is 5.69 Å². The van der Waals surface area contributed by atoms with E-state index in [4.69, 9.17) is 0 Å². The highest BCUT2D eigenvalue weighted by Crippen LogP contribution is 2.11. The number of aromatic nitrogens is 3. The maximum atomic E-state index is 9.37. The predicted molar refractivity (Wildman–Crippen MR) is 61.5 cm³/mol. The summed E-state index contributed by atoms with van der Waals surface area (Å²) in [6.07, 6.45) is 1.86. The molecule has 1 unspecified atom stereocenters. The molecule has 1 aromatic heterocycles. The lowest BCUT2D eigenvalue weighted by Crippen LogP contribution is -2.10. The van der Waals surface area contributed by atoms with Crippen molar-refractivity contribution in [3.63, 3.8) is 0 Å². The molecule has 4 heteroatoms. The summed E-state index contributed by atoms with van der Waals surface area (Å²) in [5.41, 5.74) is 3.10. The van der Waals surface area contributed by atoms with Gasteiger partial charge in [-0.15, -0.1) is 5.10 Å². The molecule has 84 valence electrons. The van der Waals surface area contributed by atoms with Gasteiger partial charge >= 0.3 is 0 Å². The molecule has 0 aliphatic heterocycles. The zero-order valence-corrected chi connectivity index (χ0v) is 9.46. The molecule has 16 heavy (non-hydrogen) atoms. The van der Waals surface area contributed by atoms with Gasteiger partial charge in [-0.25, -0.2) is 4.68 Å². The second kappa shape index (κ2) is 4.45. The minimum atomic E-state index is -0.386. The third-order valence-corrected chi connectivity index (χ3v) is 2.40. The number of hydrogen-bond donors (Lipinski definition) is 1. The molecule has 2 rings (SSSR count). The molecule has 0 radical (unpaired) electrons. The first kappa shape index (κ1) is 10.8. The van der Waals surface area contributed by atoms with Gasteiger partial charge in [0.05, 0.1) is 23.7 Å². The summed E-state index contributed by atoms with van der Waals surface area (Å²) in [6.45, 7) is 3.80. The lowest BCUT2D eigenvalue weighted by molar-refractivity contribution is 0.193. The second-order valence-corrected chi connectivity index (χ2v) is 4.03. The van der Waals surface area contributed by atoms with Gasteiger partial charge in [0.1, 0.15) is 0 Å². The Morgan fingerprint density at radius 2 is 2.00 bits per heavy atom. The lowest BCUT2D eigenvalue weighted by atomic mass is 10.2. The van der Waals surface area contributed by atoms with E-state index in [1.165, 1.54) is 5.56 Å². The van der Waals surface area contributed by atoms with Gasteiger partial charge < -0.3 is 5.11 Å². The van der Waals surface area contributed by atoms with E-state index in [-0.39, 0.29) is 6.10 Å². The van der Waals surface area contributed by atoms with Crippen LogP contribution in [0.25, 0.3) is 5.69 Å². The summed E-state index contributed by atoms with van der Waals surface area (Å²) in [6, 6.07) is 8.05. The number of rotatable bonds is 3. The van der Waals surface area contributed by atoms with E-state index >= 15 is 0 Å². The molecular formula is C12H15N3O. The maximum Gasteiger partial charge on any atom is 0.0730 e. The van der Waals surface area contributed by atoms with Crippen LogP contribution in [-0.2, 0) is 6.42 Å². The highest BCUT2D eigenvalue weighted by atomic mass is 16.3. The molecule has 1 heterocycles. The average molecular weight is 217 g/mol. The standard InChI is InChI=1S/C12H15N3O/c1-9-3-5-11(6-4-9)15-12(7-10(2)16)8-13-14-15/h3-6,8,10,16H,7H2,1-2H3. The van der Waals surface area contributed by atoms with Gasteiger partial charge in [0, 0.05) is 6.42 Å². The van der Waals surface area contributed by atoms with Crippen LogP contribution in [0.5, 0.6) is 0 Å². The van der Waals surface area contributed by atoms with Gasteiger partial charge in [0.2, 0.25) is 0 Å². The Morgan fingerprint density at radius 1 is 1.31 bits per heavy atom. The Bertz CT molecular complexity index is 459. The molecular weight excluding hydrogens is 202 g/mol. The van der Waals surface area contributed by atoms with Crippen LogP contribution in [0, 0.1) is 6.92 Å². The topological polar surface area (TPSA) is 50.9 Å². The van der Waals surface area contributed by atoms with Crippen molar-refractivity contribution < 1.29 is 5.11 Å². The maximum absolute atomic E-state index is 9.37. The first-order valence-electron chi connectivity index (χ1n) is 5.31. The van der Waals surface area contributed by atoms with E-state index in [9.17, 15) is 5.11 Å². The fourth-order valence-corrected chi connectivity index (χ4v) is 1.60. The van der Waals surface area contributed by atoms with Crippen molar-refractivity contribution in [2.75, 3.05) is 0 Å². The van der Waals surface area contributed by atoms with Crippen LogP contribution in [0.2, 0.25) is 0 Å². The zero-order chi connectivity index (χ0) is 11.5. The smallest absolute Gasteiger partial charge is 0.0730 e. The summed E-state index contributed by atoms with van der Waals surface area (Å²) in [5, 5.41) is 17.3. The molecule has 2 aromatic rings. The van der Waals surface area contributed by atoms with Crippen LogP contribution >= 0.6 is 0 Å². The quantitative estimate of drug-likeness (QED) is 0.847. The van der Waals surface area contributed by atoms with E-state index in [1.807, 2.05) is 31.2 Å². The Hall–Kier alpha value is -1.68. The molecule has 4 nitrogen and oxygen atoms in total. The summed E-state index contributed by atoms with van der Waals surface area (Å²) in [4.78, 5) is 0. The summed E-state index contributed by atoms with van der Waals surface area (Å²) >= 11 is 0. The van der Waals surface area contributed by atoms with Gasteiger partial charge in [-0.1, -0.05) is 22.9 Å². The van der Waals surface area contributed by atoms with Crippen LogP contribution in [0.1, 0.15) is 18.2 Å². The number of aliphatic hydroxyl groups excluding tert-OH is 1. The molecule has 0 bridgehead atoms. The number of hydrogen-bond acceptors (Lipinski definition) is 3. The van der Waals surface area contributed by atoms with Gasteiger partial charge in [-0.3, -0.25) is 0 Å². The molecule has 0 aliphatic rings. The van der Waals surface area contributed by atoms with E-state index in [0.29, 0.717) is 6.42 Å². The van der Waals surface area contributed by atoms with Crippen LogP contribution in [0.3, 0.4) is 0 Å². The highest BCUT2D eigenvalue weighted by molar-refractivity contribution is 5.34. The Balaban J connectivity index is 2.33. The van der Waals surface area contributed by atoms with Crippen LogP contribution in [0.15, 0.2) is 30.5 Å². The molecule has 0 saturated heterocycles. The molecule has 0 spiro atoms. The Morgan fingerprint density at radius 3 is 2.62 bits per heavy atom. The first-order chi connectivity index (χ1) is 7.66. The Kier molecular flexibility index (Phi) is 3.01. The minimum Gasteiger partial charge on any atom is -0.393 e. The van der Waals surface area contributed by atoms with Crippen molar-refractivity contribution in [2.24, 2.45) is 0 Å². The molecule has 0 aliphatic carbocycles. The molecule has 0 amide bonds. The van der Waals surface area contributed by atoms with Crippen LogP contribution in [-0.4, -0.2) is 26.2 Å². The fourth-order valence-electron chi connectivity index (χ4n) is 1.60. The summed E-state index contributed by atoms with van der Waals surface area (Å²) < 4.78 is 1.76. The number of nitrogens with zero attached hydrogens (tertiary/aromatic N) is 3. The van der Waals surface area contributed by atoms with Crippen molar-refractivity contribution in [1.29, 1.82) is 0 Å². The van der Waals surface area contributed by atoms with E-state index in [0.717, 1.165) is 11.4 Å². The number of benzene rings is 1. The largest absolute Gasteiger partial charge is 0.393 e. The van der Waals surface area contributed by atoms with Gasteiger partial charge in [0.15, 0.2) is 0 Å². The molecule has 0 fully saturated rings. The van der Waals surface area contributed by atoms with Crippen LogP contribution in [0.4, 0.5) is 0 Å². The Labute approximate surface area is 94.5 Å². The second-order valence-electron chi connectivity index (χ2n) is 4.03. The van der Waals surface area contributed by atoms with Gasteiger partial charge in [0.25, 0.3) is 0 Å². The van der Waals surface area contributed by atoms with E-state index < -0.39 is 0 Å². The summed E-state index contributed by atoms with van der Waals surface area (Å²) in [7, 11) is 0. The molecule has 1 atom stereocenters. The van der Waals surface area contributed by atoms with Gasteiger partial charge in [-0.05, 0) is 26.0 Å². The third kappa shape index (κ3) is 2.28. The van der Waals surface area contributed by atoms with E-state index in [2.05, 4.69) is 10.3 Å². The predicted octanol–water partition coefficient (Wildman–Crippen LogP) is 1.50. The van der Waals surface area contributed by atoms with Crippen molar-refractivity contribution in [3.05, 3.63) is 41.7 Å².